The number of benzene rings is 1. The van der Waals surface area contributed by atoms with Crippen molar-refractivity contribution in [2.24, 2.45) is 0 Å². The molecule has 0 saturated carbocycles. The van der Waals surface area contributed by atoms with Crippen LogP contribution in [0.15, 0.2) is 43.0 Å². The van der Waals surface area contributed by atoms with Gasteiger partial charge >= 0.3 is 0 Å². The molecule has 0 amide bonds. The fourth-order valence-corrected chi connectivity index (χ4v) is 2.78. The molecule has 20 heavy (non-hydrogen) atoms. The molecular weight excluding hydrogens is 246 g/mol. The summed E-state index contributed by atoms with van der Waals surface area (Å²) in [5, 5.41) is 4.54. The van der Waals surface area contributed by atoms with Crippen LogP contribution < -0.4 is 10.2 Å². The largest absolute Gasteiger partial charge is 0.381 e. The van der Waals surface area contributed by atoms with E-state index in [4.69, 9.17) is 4.98 Å². The van der Waals surface area contributed by atoms with E-state index in [-0.39, 0.29) is 0 Å². The molecule has 0 atom stereocenters. The highest BCUT2D eigenvalue weighted by Crippen LogP contribution is 2.26. The van der Waals surface area contributed by atoms with E-state index < -0.39 is 0 Å². The molecule has 1 fully saturated rings. The van der Waals surface area contributed by atoms with E-state index in [0.29, 0.717) is 0 Å². The van der Waals surface area contributed by atoms with Crippen molar-refractivity contribution >= 4 is 22.4 Å². The van der Waals surface area contributed by atoms with Gasteiger partial charge in [-0.2, -0.15) is 0 Å². The molecule has 1 aliphatic heterocycles. The van der Waals surface area contributed by atoms with Crippen LogP contribution in [0.25, 0.3) is 10.9 Å². The quantitative estimate of drug-likeness (QED) is 0.853. The third kappa shape index (κ3) is 2.62. The Hall–Kier alpha value is -2.03. The van der Waals surface area contributed by atoms with Crippen molar-refractivity contribution in [1.82, 2.24) is 4.98 Å². The molecule has 0 aliphatic carbocycles. The number of piperidine rings is 1. The smallest absolute Gasteiger partial charge is 0.129 e. The molecule has 0 bridgehead atoms. The zero-order chi connectivity index (χ0) is 13.8. The Bertz CT molecular complexity index is 600. The molecule has 3 rings (SSSR count). The summed E-state index contributed by atoms with van der Waals surface area (Å²) in [5.41, 5.74) is 2.18. The molecule has 1 aromatic carbocycles. The van der Waals surface area contributed by atoms with Crippen molar-refractivity contribution < 1.29 is 0 Å². The molecule has 1 saturated heterocycles. The van der Waals surface area contributed by atoms with Crippen LogP contribution in [0.1, 0.15) is 19.3 Å². The van der Waals surface area contributed by atoms with Gasteiger partial charge in [-0.3, -0.25) is 0 Å². The maximum atomic E-state index is 4.83. The summed E-state index contributed by atoms with van der Waals surface area (Å²) in [6.45, 7) is 6.78. The second-order valence-electron chi connectivity index (χ2n) is 5.26. The molecule has 3 nitrogen and oxygen atoms in total. The van der Waals surface area contributed by atoms with Crippen molar-refractivity contribution in [3.8, 4) is 0 Å². The highest BCUT2D eigenvalue weighted by atomic mass is 15.2. The molecule has 1 aromatic heterocycles. The summed E-state index contributed by atoms with van der Waals surface area (Å²) < 4.78 is 0. The topological polar surface area (TPSA) is 28.2 Å². The SMILES string of the molecule is C=CCNc1cccc2nc(N3CCCCC3)ccc12. The highest BCUT2D eigenvalue weighted by Gasteiger charge is 2.12. The Labute approximate surface area is 120 Å². The highest BCUT2D eigenvalue weighted by molar-refractivity contribution is 5.92. The van der Waals surface area contributed by atoms with Crippen LogP contribution in [0.3, 0.4) is 0 Å². The van der Waals surface area contributed by atoms with E-state index in [1.165, 1.54) is 24.6 Å². The number of hydrogen-bond donors (Lipinski definition) is 1. The number of anilines is 2. The number of nitrogens with zero attached hydrogens (tertiary/aromatic N) is 2. The van der Waals surface area contributed by atoms with Crippen LogP contribution in [-0.4, -0.2) is 24.6 Å². The molecule has 0 spiro atoms. The van der Waals surface area contributed by atoms with E-state index in [1.54, 1.807) is 0 Å². The Morgan fingerprint density at radius 2 is 2.00 bits per heavy atom. The van der Waals surface area contributed by atoms with E-state index >= 15 is 0 Å². The number of aromatic nitrogens is 1. The first-order valence-corrected chi connectivity index (χ1v) is 7.38. The Morgan fingerprint density at radius 1 is 1.15 bits per heavy atom. The Morgan fingerprint density at radius 3 is 2.80 bits per heavy atom. The summed E-state index contributed by atoms with van der Waals surface area (Å²) in [6, 6.07) is 10.6. The monoisotopic (exact) mass is 267 g/mol. The normalized spacial score (nSPS) is 15.3. The standard InChI is InChI=1S/C17H21N3/c1-2-11-18-15-7-6-8-16-14(15)9-10-17(19-16)20-12-4-3-5-13-20/h2,6-10,18H,1,3-5,11-13H2. The number of fused-ring (bicyclic) bond motifs is 1. The molecule has 2 heterocycles. The maximum Gasteiger partial charge on any atom is 0.129 e. The van der Waals surface area contributed by atoms with E-state index in [2.05, 4.69) is 47.1 Å². The number of nitrogens with one attached hydrogen (secondary N) is 1. The van der Waals surface area contributed by atoms with Gasteiger partial charge in [0, 0.05) is 30.7 Å². The molecule has 2 aromatic rings. The maximum absolute atomic E-state index is 4.83. The van der Waals surface area contributed by atoms with E-state index in [1.807, 2.05) is 6.08 Å². The molecule has 1 N–H and O–H groups in total. The van der Waals surface area contributed by atoms with Gasteiger partial charge in [-0.25, -0.2) is 4.98 Å². The molecule has 1 aliphatic rings. The van der Waals surface area contributed by atoms with Gasteiger partial charge in [0.2, 0.25) is 0 Å². The van der Waals surface area contributed by atoms with Gasteiger partial charge in [-0.1, -0.05) is 12.1 Å². The fourth-order valence-electron chi connectivity index (χ4n) is 2.78. The average molecular weight is 267 g/mol. The zero-order valence-electron chi connectivity index (χ0n) is 11.8. The fraction of sp³-hybridized carbons (Fsp3) is 0.353. The zero-order valence-corrected chi connectivity index (χ0v) is 11.8. The lowest BCUT2D eigenvalue weighted by Gasteiger charge is -2.27. The van der Waals surface area contributed by atoms with Crippen molar-refractivity contribution in [1.29, 1.82) is 0 Å². The van der Waals surface area contributed by atoms with Crippen molar-refractivity contribution in [2.45, 2.75) is 19.3 Å². The Balaban J connectivity index is 1.92. The summed E-state index contributed by atoms with van der Waals surface area (Å²) in [7, 11) is 0. The van der Waals surface area contributed by atoms with Gasteiger partial charge in [0.1, 0.15) is 5.82 Å². The van der Waals surface area contributed by atoms with Gasteiger partial charge < -0.3 is 10.2 Å². The minimum atomic E-state index is 0.771. The Kier molecular flexibility index (Phi) is 3.86. The van der Waals surface area contributed by atoms with Gasteiger partial charge in [-0.15, -0.1) is 6.58 Å². The predicted octanol–water partition coefficient (Wildman–Crippen LogP) is 3.82. The van der Waals surface area contributed by atoms with Crippen LogP contribution in [0, 0.1) is 0 Å². The first-order chi connectivity index (χ1) is 9.88. The second-order valence-corrected chi connectivity index (χ2v) is 5.26. The molecule has 3 heteroatoms. The van der Waals surface area contributed by atoms with Gasteiger partial charge in [0.05, 0.1) is 5.52 Å². The van der Waals surface area contributed by atoms with Gasteiger partial charge in [0.25, 0.3) is 0 Å². The molecule has 0 unspecified atom stereocenters. The van der Waals surface area contributed by atoms with Gasteiger partial charge in [0.15, 0.2) is 0 Å². The second kappa shape index (κ2) is 5.95. The van der Waals surface area contributed by atoms with Crippen LogP contribution >= 0.6 is 0 Å². The van der Waals surface area contributed by atoms with Crippen LogP contribution in [-0.2, 0) is 0 Å². The predicted molar refractivity (Wildman–Crippen MR) is 86.5 cm³/mol. The third-order valence-electron chi connectivity index (χ3n) is 3.83. The summed E-state index contributed by atoms with van der Waals surface area (Å²) >= 11 is 0. The van der Waals surface area contributed by atoms with E-state index in [0.717, 1.165) is 36.7 Å². The summed E-state index contributed by atoms with van der Waals surface area (Å²) in [4.78, 5) is 7.22. The number of hydrogen-bond acceptors (Lipinski definition) is 3. The van der Waals surface area contributed by atoms with Crippen molar-refractivity contribution in [3.05, 3.63) is 43.0 Å². The average Bonchev–Trinajstić information content (AvgIpc) is 2.53. The lowest BCUT2D eigenvalue weighted by molar-refractivity contribution is 0.574. The minimum absolute atomic E-state index is 0.771. The van der Waals surface area contributed by atoms with Crippen LogP contribution in [0.5, 0.6) is 0 Å². The van der Waals surface area contributed by atoms with Crippen molar-refractivity contribution in [2.75, 3.05) is 29.9 Å². The van der Waals surface area contributed by atoms with Crippen molar-refractivity contribution in [3.63, 3.8) is 0 Å². The number of rotatable bonds is 4. The summed E-state index contributed by atoms with van der Waals surface area (Å²) in [6.07, 6.45) is 5.77. The number of pyridine rings is 1. The van der Waals surface area contributed by atoms with Crippen LogP contribution in [0.2, 0.25) is 0 Å². The molecule has 0 radical (unpaired) electrons. The van der Waals surface area contributed by atoms with E-state index in [9.17, 15) is 0 Å². The third-order valence-corrected chi connectivity index (χ3v) is 3.83. The minimum Gasteiger partial charge on any atom is -0.381 e. The first kappa shape index (κ1) is 13.0. The molecule has 104 valence electrons. The lowest BCUT2D eigenvalue weighted by Crippen LogP contribution is -2.30. The first-order valence-electron chi connectivity index (χ1n) is 7.38. The van der Waals surface area contributed by atoms with Gasteiger partial charge in [-0.05, 0) is 43.5 Å². The van der Waals surface area contributed by atoms with Crippen LogP contribution in [0.4, 0.5) is 11.5 Å². The lowest BCUT2D eigenvalue weighted by atomic mass is 10.1. The molecular formula is C17H21N3. The summed E-state index contributed by atoms with van der Waals surface area (Å²) in [5.74, 6) is 1.11.